The number of ketones is 2. The molecule has 1 N–H and O–H groups in total. The van der Waals surface area contributed by atoms with Crippen molar-refractivity contribution in [3.05, 3.63) is 64.2 Å². The maximum Gasteiger partial charge on any atom is 1.00 e. The number of fused-ring (bicyclic) bond motifs is 2. The van der Waals surface area contributed by atoms with Gasteiger partial charge in [0.05, 0.1) is 16.0 Å². The van der Waals surface area contributed by atoms with E-state index in [1.807, 2.05) is 0 Å². The summed E-state index contributed by atoms with van der Waals surface area (Å²) in [6.07, 6.45) is 0. The molecule has 0 amide bonds. The molecular weight excluding hydrogens is 363 g/mol. The zero-order valence-electron chi connectivity index (χ0n) is 12.3. The van der Waals surface area contributed by atoms with Crippen LogP contribution in [0.4, 0.5) is 0 Å². The van der Waals surface area contributed by atoms with Gasteiger partial charge in [-0.05, 0) is 12.1 Å². The molecule has 3 rings (SSSR count). The van der Waals surface area contributed by atoms with E-state index < -0.39 is 43.7 Å². The SMILES string of the molecule is O=C1c2ccccc2C(=O)c2c1ccc(C(=O)O)c2S(=O)(=O)[O-].[K+]. The van der Waals surface area contributed by atoms with Gasteiger partial charge in [0.2, 0.25) is 0 Å². The minimum atomic E-state index is -5.28. The summed E-state index contributed by atoms with van der Waals surface area (Å²) in [6.45, 7) is 0. The number of hydrogen-bond acceptors (Lipinski definition) is 6. The predicted octanol–water partition coefficient (Wildman–Crippen LogP) is -1.93. The van der Waals surface area contributed by atoms with Crippen LogP contribution in [0.1, 0.15) is 42.2 Å². The van der Waals surface area contributed by atoms with E-state index in [2.05, 4.69) is 0 Å². The second kappa shape index (κ2) is 6.60. The predicted molar refractivity (Wildman–Crippen MR) is 74.7 cm³/mol. The fraction of sp³-hybridized carbons (Fsp3) is 0. The first-order valence-electron chi connectivity index (χ1n) is 6.28. The third-order valence-electron chi connectivity index (χ3n) is 3.53. The Morgan fingerprint density at radius 3 is 1.96 bits per heavy atom. The van der Waals surface area contributed by atoms with Crippen molar-refractivity contribution in [2.45, 2.75) is 4.90 Å². The number of carbonyl (C=O) groups excluding carboxylic acids is 2. The Hall–Kier alpha value is -1.20. The summed E-state index contributed by atoms with van der Waals surface area (Å²) >= 11 is 0. The van der Waals surface area contributed by atoms with Gasteiger partial charge in [-0.1, -0.05) is 24.3 Å². The van der Waals surface area contributed by atoms with Gasteiger partial charge in [-0.25, -0.2) is 13.2 Å². The van der Waals surface area contributed by atoms with Gasteiger partial charge in [0.25, 0.3) is 0 Å². The van der Waals surface area contributed by atoms with Crippen LogP contribution >= 0.6 is 0 Å². The van der Waals surface area contributed by atoms with Crippen molar-refractivity contribution in [3.63, 3.8) is 0 Å². The first kappa shape index (κ1) is 19.1. The molecule has 0 radical (unpaired) electrons. The van der Waals surface area contributed by atoms with Crippen LogP contribution in [-0.4, -0.2) is 35.6 Å². The molecule has 7 nitrogen and oxygen atoms in total. The van der Waals surface area contributed by atoms with Gasteiger partial charge < -0.3 is 9.66 Å². The number of benzene rings is 2. The van der Waals surface area contributed by atoms with E-state index in [9.17, 15) is 27.4 Å². The van der Waals surface area contributed by atoms with E-state index in [-0.39, 0.29) is 68.1 Å². The Kier molecular flexibility index (Phi) is 5.26. The number of hydrogen-bond donors (Lipinski definition) is 1. The molecule has 0 spiro atoms. The van der Waals surface area contributed by atoms with Crippen LogP contribution in [0.5, 0.6) is 0 Å². The molecule has 0 aliphatic heterocycles. The largest absolute Gasteiger partial charge is 1.00 e. The molecule has 0 atom stereocenters. The summed E-state index contributed by atoms with van der Waals surface area (Å²) < 4.78 is 34.5. The standard InChI is InChI=1S/C15H8O7S.K/c16-12-7-3-1-2-4-8(7)13(17)11-9(12)5-6-10(15(18)19)14(11)23(20,21)22;/h1-6H,(H,18,19)(H,20,21,22);/q;+1/p-1. The van der Waals surface area contributed by atoms with Crippen molar-refractivity contribution < 1.29 is 83.8 Å². The Morgan fingerprint density at radius 2 is 1.46 bits per heavy atom. The summed E-state index contributed by atoms with van der Waals surface area (Å²) in [7, 11) is -5.28. The van der Waals surface area contributed by atoms with Crippen molar-refractivity contribution in [3.8, 4) is 0 Å². The molecule has 0 heterocycles. The van der Waals surface area contributed by atoms with Crippen LogP contribution in [0.15, 0.2) is 41.3 Å². The molecule has 0 aromatic heterocycles. The first-order chi connectivity index (χ1) is 10.7. The average molecular weight is 370 g/mol. The van der Waals surface area contributed by atoms with Crippen molar-refractivity contribution >= 4 is 27.7 Å². The normalized spacial score (nSPS) is 12.9. The van der Waals surface area contributed by atoms with E-state index >= 15 is 0 Å². The quantitative estimate of drug-likeness (QED) is 0.411. The summed E-state index contributed by atoms with van der Waals surface area (Å²) in [4.78, 5) is 35.0. The van der Waals surface area contributed by atoms with E-state index in [1.165, 1.54) is 24.3 Å². The van der Waals surface area contributed by atoms with Gasteiger partial charge in [0, 0.05) is 16.7 Å². The first-order valence-corrected chi connectivity index (χ1v) is 7.69. The number of carboxylic acids is 1. The molecule has 2 aromatic rings. The fourth-order valence-corrected chi connectivity index (χ4v) is 3.46. The van der Waals surface area contributed by atoms with Crippen LogP contribution < -0.4 is 51.4 Å². The van der Waals surface area contributed by atoms with Crippen LogP contribution in [0, 0.1) is 0 Å². The van der Waals surface area contributed by atoms with E-state index in [1.54, 1.807) is 0 Å². The Bertz CT molecular complexity index is 1010. The molecule has 1 aliphatic carbocycles. The van der Waals surface area contributed by atoms with Gasteiger partial charge in [-0.3, -0.25) is 9.59 Å². The fourth-order valence-electron chi connectivity index (χ4n) is 2.58. The van der Waals surface area contributed by atoms with Gasteiger partial charge >= 0.3 is 57.4 Å². The number of rotatable bonds is 2. The smallest absolute Gasteiger partial charge is 0.744 e. The minimum absolute atomic E-state index is 0. The van der Waals surface area contributed by atoms with Gasteiger partial charge in [-0.2, -0.15) is 0 Å². The topological polar surface area (TPSA) is 129 Å². The molecule has 0 saturated carbocycles. The Morgan fingerprint density at radius 1 is 0.917 bits per heavy atom. The molecule has 1 aliphatic rings. The Labute approximate surface area is 178 Å². The minimum Gasteiger partial charge on any atom is -0.744 e. The maximum atomic E-state index is 12.5. The summed E-state index contributed by atoms with van der Waals surface area (Å²) in [5, 5.41) is 9.08. The zero-order chi connectivity index (χ0) is 16.9. The van der Waals surface area contributed by atoms with Gasteiger partial charge in [0.1, 0.15) is 10.1 Å². The molecule has 24 heavy (non-hydrogen) atoms. The summed E-state index contributed by atoms with van der Waals surface area (Å²) in [5.41, 5.74) is -1.81. The Balaban J connectivity index is 0.00000208. The summed E-state index contributed by atoms with van der Waals surface area (Å²) in [6, 6.07) is 7.60. The number of carbonyl (C=O) groups is 3. The number of aromatic carboxylic acids is 1. The van der Waals surface area contributed by atoms with E-state index in [0.717, 1.165) is 12.1 Å². The molecule has 116 valence electrons. The molecule has 0 fully saturated rings. The second-order valence-electron chi connectivity index (χ2n) is 4.83. The van der Waals surface area contributed by atoms with E-state index in [4.69, 9.17) is 5.11 Å². The van der Waals surface area contributed by atoms with Crippen molar-refractivity contribution in [2.24, 2.45) is 0 Å². The third-order valence-corrected chi connectivity index (χ3v) is 4.45. The second-order valence-corrected chi connectivity index (χ2v) is 6.14. The third kappa shape index (κ3) is 2.92. The average Bonchev–Trinajstić information content (AvgIpc) is 2.50. The van der Waals surface area contributed by atoms with Crippen LogP contribution in [0.2, 0.25) is 0 Å². The van der Waals surface area contributed by atoms with Crippen LogP contribution in [-0.2, 0) is 10.1 Å². The van der Waals surface area contributed by atoms with Gasteiger partial charge in [-0.15, -0.1) is 0 Å². The van der Waals surface area contributed by atoms with Crippen molar-refractivity contribution in [1.82, 2.24) is 0 Å². The van der Waals surface area contributed by atoms with Crippen molar-refractivity contribution in [1.29, 1.82) is 0 Å². The van der Waals surface area contributed by atoms with Crippen LogP contribution in [0.3, 0.4) is 0 Å². The van der Waals surface area contributed by atoms with Crippen LogP contribution in [0.25, 0.3) is 0 Å². The molecule has 0 bridgehead atoms. The molecule has 2 aromatic carbocycles. The summed E-state index contributed by atoms with van der Waals surface area (Å²) in [5.74, 6) is -3.19. The monoisotopic (exact) mass is 370 g/mol. The molecule has 9 heteroatoms. The van der Waals surface area contributed by atoms with E-state index in [0.29, 0.717) is 0 Å². The number of carboxylic acid groups (broad SMARTS) is 1. The molecule has 0 unspecified atom stereocenters. The molecule has 0 saturated heterocycles. The van der Waals surface area contributed by atoms with Gasteiger partial charge in [0.15, 0.2) is 11.6 Å². The molecular formula is C15H7KO7S. The van der Waals surface area contributed by atoms with Crippen molar-refractivity contribution in [2.75, 3.05) is 0 Å². The zero-order valence-corrected chi connectivity index (χ0v) is 16.2. The maximum absolute atomic E-state index is 12.5.